The van der Waals surface area contributed by atoms with Crippen molar-refractivity contribution in [3.63, 3.8) is 0 Å². The quantitative estimate of drug-likeness (QED) is 0.872. The second kappa shape index (κ2) is 5.05. The number of aromatic nitrogens is 2. The van der Waals surface area contributed by atoms with Crippen LogP contribution in [0.5, 0.6) is 0 Å². The second-order valence-corrected chi connectivity index (χ2v) is 5.26. The first-order valence-electron chi connectivity index (χ1n) is 6.32. The van der Waals surface area contributed by atoms with Gasteiger partial charge in [0.2, 0.25) is 11.8 Å². The van der Waals surface area contributed by atoms with Gasteiger partial charge in [0, 0.05) is 19.3 Å². The summed E-state index contributed by atoms with van der Waals surface area (Å²) in [4.78, 5) is 25.3. The third kappa shape index (κ3) is 3.01. The molecule has 9 heteroatoms. The van der Waals surface area contributed by atoms with Crippen molar-refractivity contribution < 1.29 is 22.8 Å². The predicted octanol–water partition coefficient (Wildman–Crippen LogP) is 0.639. The number of carbonyl (C=O) groups excluding carboxylic acids is 2. The van der Waals surface area contributed by atoms with Crippen LogP contribution in [0.2, 0.25) is 0 Å². The summed E-state index contributed by atoms with van der Waals surface area (Å²) in [6, 6.07) is 0.807. The molecule has 21 heavy (non-hydrogen) atoms. The van der Waals surface area contributed by atoms with Crippen LogP contribution in [0.25, 0.3) is 0 Å². The van der Waals surface area contributed by atoms with E-state index in [0.717, 1.165) is 16.9 Å². The molecule has 0 atom stereocenters. The monoisotopic (exact) mass is 304 g/mol. The predicted molar refractivity (Wildman–Crippen MR) is 66.0 cm³/mol. The summed E-state index contributed by atoms with van der Waals surface area (Å²) in [5.41, 5.74) is -2.08. The van der Waals surface area contributed by atoms with Gasteiger partial charge in [-0.1, -0.05) is 0 Å². The summed E-state index contributed by atoms with van der Waals surface area (Å²) in [6.45, 7) is 3.46. The molecule has 0 aromatic carbocycles. The van der Waals surface area contributed by atoms with Gasteiger partial charge in [0.05, 0.1) is 0 Å². The van der Waals surface area contributed by atoms with Crippen molar-refractivity contribution in [2.45, 2.75) is 32.1 Å². The van der Waals surface area contributed by atoms with Gasteiger partial charge in [0.1, 0.15) is 12.1 Å². The van der Waals surface area contributed by atoms with Crippen molar-refractivity contribution >= 4 is 11.8 Å². The third-order valence-electron chi connectivity index (χ3n) is 3.38. The van der Waals surface area contributed by atoms with Crippen LogP contribution >= 0.6 is 0 Å². The SMILES string of the molecule is CC1(C)C(=O)NCCN1C(=O)Cn1ccc(C(F)(F)F)n1. The van der Waals surface area contributed by atoms with E-state index >= 15 is 0 Å². The summed E-state index contributed by atoms with van der Waals surface area (Å²) in [5, 5.41) is 5.97. The maximum Gasteiger partial charge on any atom is 0.435 e. The van der Waals surface area contributed by atoms with Crippen LogP contribution in [0.4, 0.5) is 13.2 Å². The molecular weight excluding hydrogens is 289 g/mol. The Labute approximate surface area is 118 Å². The molecule has 0 unspecified atom stereocenters. The van der Waals surface area contributed by atoms with E-state index in [1.54, 1.807) is 13.8 Å². The van der Waals surface area contributed by atoms with E-state index in [-0.39, 0.29) is 12.5 Å². The largest absolute Gasteiger partial charge is 0.435 e. The number of amides is 2. The van der Waals surface area contributed by atoms with Crippen molar-refractivity contribution in [1.29, 1.82) is 0 Å². The van der Waals surface area contributed by atoms with Crippen molar-refractivity contribution in [2.24, 2.45) is 0 Å². The van der Waals surface area contributed by atoms with E-state index in [2.05, 4.69) is 10.4 Å². The van der Waals surface area contributed by atoms with Crippen molar-refractivity contribution in [2.75, 3.05) is 13.1 Å². The molecule has 1 aliphatic rings. The molecule has 2 amide bonds. The van der Waals surface area contributed by atoms with Gasteiger partial charge in [-0.05, 0) is 19.9 Å². The average Bonchev–Trinajstić information content (AvgIpc) is 2.80. The van der Waals surface area contributed by atoms with E-state index in [9.17, 15) is 22.8 Å². The number of hydrogen-bond acceptors (Lipinski definition) is 3. The normalized spacial score (nSPS) is 18.5. The first-order chi connectivity index (χ1) is 9.62. The molecule has 2 rings (SSSR count). The number of nitrogens with one attached hydrogen (secondary N) is 1. The first-order valence-corrected chi connectivity index (χ1v) is 6.32. The zero-order chi connectivity index (χ0) is 15.8. The highest BCUT2D eigenvalue weighted by Gasteiger charge is 2.40. The molecule has 1 aromatic heterocycles. The number of alkyl halides is 3. The lowest BCUT2D eigenvalue weighted by molar-refractivity contribution is -0.150. The zero-order valence-electron chi connectivity index (χ0n) is 11.6. The molecule has 0 saturated carbocycles. The van der Waals surface area contributed by atoms with Crippen LogP contribution in [0.3, 0.4) is 0 Å². The average molecular weight is 304 g/mol. The Kier molecular flexibility index (Phi) is 3.68. The molecule has 0 spiro atoms. The van der Waals surface area contributed by atoms with Crippen LogP contribution in [-0.2, 0) is 22.3 Å². The van der Waals surface area contributed by atoms with Gasteiger partial charge in [-0.3, -0.25) is 14.3 Å². The summed E-state index contributed by atoms with van der Waals surface area (Å²) >= 11 is 0. The highest BCUT2D eigenvalue weighted by Crippen LogP contribution is 2.27. The molecule has 1 aromatic rings. The van der Waals surface area contributed by atoms with Crippen molar-refractivity contribution in [1.82, 2.24) is 20.0 Å². The van der Waals surface area contributed by atoms with Crippen LogP contribution < -0.4 is 5.32 Å². The smallest absolute Gasteiger partial charge is 0.352 e. The lowest BCUT2D eigenvalue weighted by Crippen LogP contribution is -2.63. The van der Waals surface area contributed by atoms with E-state index in [1.165, 1.54) is 4.90 Å². The molecule has 1 fully saturated rings. The minimum Gasteiger partial charge on any atom is -0.352 e. The molecule has 1 aliphatic heterocycles. The highest BCUT2D eigenvalue weighted by atomic mass is 19.4. The summed E-state index contributed by atoms with van der Waals surface area (Å²) in [7, 11) is 0. The number of nitrogens with zero attached hydrogens (tertiary/aromatic N) is 3. The van der Waals surface area contributed by atoms with Crippen LogP contribution in [0, 0.1) is 0 Å². The van der Waals surface area contributed by atoms with Crippen LogP contribution in [0.1, 0.15) is 19.5 Å². The molecule has 0 aliphatic carbocycles. The van der Waals surface area contributed by atoms with Gasteiger partial charge in [-0.2, -0.15) is 18.3 Å². The maximum absolute atomic E-state index is 12.4. The number of piperazine rings is 1. The van der Waals surface area contributed by atoms with Gasteiger partial charge < -0.3 is 10.2 Å². The molecule has 1 N–H and O–H groups in total. The minimum atomic E-state index is -4.54. The Hall–Kier alpha value is -2.06. The van der Waals surface area contributed by atoms with E-state index in [1.807, 2.05) is 0 Å². The van der Waals surface area contributed by atoms with Gasteiger partial charge in [0.25, 0.3) is 0 Å². The maximum atomic E-state index is 12.4. The molecule has 0 radical (unpaired) electrons. The Morgan fingerprint density at radius 1 is 1.48 bits per heavy atom. The van der Waals surface area contributed by atoms with Crippen LogP contribution in [0.15, 0.2) is 12.3 Å². The zero-order valence-corrected chi connectivity index (χ0v) is 11.6. The molecule has 1 saturated heterocycles. The lowest BCUT2D eigenvalue weighted by Gasteiger charge is -2.41. The van der Waals surface area contributed by atoms with Gasteiger partial charge in [-0.15, -0.1) is 0 Å². The number of rotatable bonds is 2. The summed E-state index contributed by atoms with van der Waals surface area (Å²) < 4.78 is 38.3. The Bertz CT molecular complexity index is 565. The summed E-state index contributed by atoms with van der Waals surface area (Å²) in [6.07, 6.45) is -3.45. The third-order valence-corrected chi connectivity index (χ3v) is 3.38. The molecule has 0 bridgehead atoms. The Morgan fingerprint density at radius 3 is 2.71 bits per heavy atom. The molecule has 6 nitrogen and oxygen atoms in total. The lowest BCUT2D eigenvalue weighted by atomic mass is 9.99. The van der Waals surface area contributed by atoms with E-state index in [4.69, 9.17) is 0 Å². The van der Waals surface area contributed by atoms with Gasteiger partial charge >= 0.3 is 6.18 Å². The highest BCUT2D eigenvalue weighted by molar-refractivity contribution is 5.91. The molecule has 2 heterocycles. The Balaban J connectivity index is 2.11. The fourth-order valence-corrected chi connectivity index (χ4v) is 2.16. The van der Waals surface area contributed by atoms with E-state index < -0.39 is 23.3 Å². The van der Waals surface area contributed by atoms with Crippen LogP contribution in [-0.4, -0.2) is 45.1 Å². The first kappa shape index (κ1) is 15.3. The minimum absolute atomic E-state index is 0.293. The molecule has 116 valence electrons. The van der Waals surface area contributed by atoms with Gasteiger partial charge in [-0.25, -0.2) is 0 Å². The molecular formula is C12H15F3N4O2. The topological polar surface area (TPSA) is 67.2 Å². The number of halogens is 3. The standard InChI is InChI=1S/C12H15F3N4O2/c1-11(2)10(21)16-4-6-19(11)9(20)7-18-5-3-8(17-18)12(13,14)15/h3,5H,4,6-7H2,1-2H3,(H,16,21). The van der Waals surface area contributed by atoms with Crippen molar-refractivity contribution in [3.05, 3.63) is 18.0 Å². The fraction of sp³-hybridized carbons (Fsp3) is 0.583. The van der Waals surface area contributed by atoms with Gasteiger partial charge in [0.15, 0.2) is 5.69 Å². The number of hydrogen-bond donors (Lipinski definition) is 1. The fourth-order valence-electron chi connectivity index (χ4n) is 2.16. The van der Waals surface area contributed by atoms with E-state index in [0.29, 0.717) is 13.1 Å². The summed E-state index contributed by atoms with van der Waals surface area (Å²) in [5.74, 6) is -0.745. The second-order valence-electron chi connectivity index (χ2n) is 5.26. The van der Waals surface area contributed by atoms with Crippen molar-refractivity contribution in [3.8, 4) is 0 Å². The number of carbonyl (C=O) groups is 2. The Morgan fingerprint density at radius 2 is 2.14 bits per heavy atom.